The summed E-state index contributed by atoms with van der Waals surface area (Å²) in [6.07, 6.45) is -1.89. The van der Waals surface area contributed by atoms with Crippen LogP contribution in [0.4, 0.5) is 13.2 Å². The third-order valence-corrected chi connectivity index (χ3v) is 3.15. The van der Waals surface area contributed by atoms with Gasteiger partial charge in [0.05, 0.1) is 0 Å². The number of nitrogens with zero attached hydrogens (tertiary/aromatic N) is 1. The van der Waals surface area contributed by atoms with E-state index in [1.807, 2.05) is 6.92 Å². The SMILES string of the molecule is CCCCC(=O)NC1CCN(C(=O)C(F)(F)F)CC1. The third-order valence-electron chi connectivity index (χ3n) is 3.15. The highest BCUT2D eigenvalue weighted by molar-refractivity contribution is 5.82. The van der Waals surface area contributed by atoms with Crippen molar-refractivity contribution in [3.63, 3.8) is 0 Å². The van der Waals surface area contributed by atoms with E-state index in [0.29, 0.717) is 19.3 Å². The summed E-state index contributed by atoms with van der Waals surface area (Å²) in [6.45, 7) is 2.06. The van der Waals surface area contributed by atoms with Crippen LogP contribution in [0.25, 0.3) is 0 Å². The molecule has 0 aromatic heterocycles. The largest absolute Gasteiger partial charge is 0.471 e. The highest BCUT2D eigenvalue weighted by Gasteiger charge is 2.43. The van der Waals surface area contributed by atoms with Crippen LogP contribution in [0.3, 0.4) is 0 Å². The highest BCUT2D eigenvalue weighted by atomic mass is 19.4. The quantitative estimate of drug-likeness (QED) is 0.854. The van der Waals surface area contributed by atoms with E-state index in [9.17, 15) is 22.8 Å². The molecule has 110 valence electrons. The van der Waals surface area contributed by atoms with Gasteiger partial charge in [0.25, 0.3) is 0 Å². The molecule has 1 fully saturated rings. The van der Waals surface area contributed by atoms with Gasteiger partial charge in [-0.25, -0.2) is 0 Å². The second-order valence-corrected chi connectivity index (χ2v) is 4.74. The second-order valence-electron chi connectivity index (χ2n) is 4.74. The first-order valence-electron chi connectivity index (χ1n) is 6.50. The molecule has 1 N–H and O–H groups in total. The molecule has 0 aromatic rings. The van der Waals surface area contributed by atoms with Crippen molar-refractivity contribution in [2.24, 2.45) is 0 Å². The summed E-state index contributed by atoms with van der Waals surface area (Å²) in [5.41, 5.74) is 0. The average molecular weight is 280 g/mol. The van der Waals surface area contributed by atoms with E-state index in [0.717, 1.165) is 17.7 Å². The number of halogens is 3. The molecule has 0 atom stereocenters. The fourth-order valence-electron chi connectivity index (χ4n) is 2.04. The minimum atomic E-state index is -4.81. The minimum absolute atomic E-state index is 0.0388. The summed E-state index contributed by atoms with van der Waals surface area (Å²) in [6, 6.07) is -0.123. The van der Waals surface area contributed by atoms with Gasteiger partial charge in [-0.1, -0.05) is 13.3 Å². The number of unbranched alkanes of at least 4 members (excludes halogenated alkanes) is 1. The zero-order chi connectivity index (χ0) is 14.5. The van der Waals surface area contributed by atoms with E-state index >= 15 is 0 Å². The van der Waals surface area contributed by atoms with E-state index in [1.165, 1.54) is 0 Å². The van der Waals surface area contributed by atoms with Crippen molar-refractivity contribution >= 4 is 11.8 Å². The minimum Gasteiger partial charge on any atom is -0.353 e. The number of carbonyl (C=O) groups excluding carboxylic acids is 2. The summed E-state index contributed by atoms with van der Waals surface area (Å²) in [5, 5.41) is 2.79. The van der Waals surface area contributed by atoms with E-state index in [2.05, 4.69) is 5.32 Å². The Morgan fingerprint density at radius 2 is 1.84 bits per heavy atom. The van der Waals surface area contributed by atoms with Gasteiger partial charge in [0.2, 0.25) is 5.91 Å². The second kappa shape index (κ2) is 6.77. The van der Waals surface area contributed by atoms with Gasteiger partial charge in [0, 0.05) is 25.6 Å². The Kier molecular flexibility index (Phi) is 5.62. The first-order chi connectivity index (χ1) is 8.84. The number of alkyl halides is 3. The molecule has 0 unspecified atom stereocenters. The fourth-order valence-corrected chi connectivity index (χ4v) is 2.04. The molecule has 1 saturated heterocycles. The Bertz CT molecular complexity index is 323. The molecule has 0 aliphatic carbocycles. The van der Waals surface area contributed by atoms with E-state index in [4.69, 9.17) is 0 Å². The number of likely N-dealkylation sites (tertiary alicyclic amines) is 1. The van der Waals surface area contributed by atoms with Crippen molar-refractivity contribution in [1.29, 1.82) is 0 Å². The van der Waals surface area contributed by atoms with Crippen LogP contribution in [0.5, 0.6) is 0 Å². The molecule has 1 aliphatic rings. The molecule has 0 spiro atoms. The van der Waals surface area contributed by atoms with Crippen LogP contribution in [0.15, 0.2) is 0 Å². The molecular weight excluding hydrogens is 261 g/mol. The third kappa shape index (κ3) is 5.08. The predicted molar refractivity (Wildman–Crippen MR) is 63.3 cm³/mol. The highest BCUT2D eigenvalue weighted by Crippen LogP contribution is 2.21. The molecule has 7 heteroatoms. The van der Waals surface area contributed by atoms with Crippen molar-refractivity contribution in [3.05, 3.63) is 0 Å². The van der Waals surface area contributed by atoms with Crippen LogP contribution in [-0.2, 0) is 9.59 Å². The van der Waals surface area contributed by atoms with E-state index in [1.54, 1.807) is 0 Å². The lowest BCUT2D eigenvalue weighted by molar-refractivity contribution is -0.186. The zero-order valence-corrected chi connectivity index (χ0v) is 10.9. The first kappa shape index (κ1) is 15.8. The van der Waals surface area contributed by atoms with Gasteiger partial charge in [-0.3, -0.25) is 9.59 Å². The maximum absolute atomic E-state index is 12.2. The maximum atomic E-state index is 12.2. The van der Waals surface area contributed by atoms with Gasteiger partial charge in [0.15, 0.2) is 0 Å². The van der Waals surface area contributed by atoms with Crippen LogP contribution in [0.2, 0.25) is 0 Å². The number of nitrogens with one attached hydrogen (secondary N) is 1. The maximum Gasteiger partial charge on any atom is 0.471 e. The number of piperidine rings is 1. The molecule has 0 radical (unpaired) electrons. The molecule has 0 bridgehead atoms. The average Bonchev–Trinajstić information content (AvgIpc) is 2.35. The van der Waals surface area contributed by atoms with Gasteiger partial charge < -0.3 is 10.2 Å². The van der Waals surface area contributed by atoms with Crippen molar-refractivity contribution in [2.75, 3.05) is 13.1 Å². The molecule has 0 aromatic carbocycles. The molecule has 4 nitrogen and oxygen atoms in total. The number of hydrogen-bond acceptors (Lipinski definition) is 2. The lowest BCUT2D eigenvalue weighted by Crippen LogP contribution is -2.50. The van der Waals surface area contributed by atoms with Gasteiger partial charge in [-0.15, -0.1) is 0 Å². The van der Waals surface area contributed by atoms with Crippen molar-refractivity contribution in [2.45, 2.75) is 51.2 Å². The number of hydrogen-bond donors (Lipinski definition) is 1. The number of amides is 2. The summed E-state index contributed by atoms with van der Waals surface area (Å²) >= 11 is 0. The van der Waals surface area contributed by atoms with E-state index in [-0.39, 0.29) is 25.0 Å². The summed E-state index contributed by atoms with van der Waals surface area (Å²) in [7, 11) is 0. The molecule has 1 aliphatic heterocycles. The molecule has 0 saturated carbocycles. The standard InChI is InChI=1S/C12H19F3N2O2/c1-2-3-4-10(18)16-9-5-7-17(8-6-9)11(19)12(13,14)15/h9H,2-8H2,1H3,(H,16,18). The Labute approximate surface area is 110 Å². The smallest absolute Gasteiger partial charge is 0.353 e. The molecule has 1 rings (SSSR count). The first-order valence-corrected chi connectivity index (χ1v) is 6.50. The van der Waals surface area contributed by atoms with Crippen molar-refractivity contribution in [3.8, 4) is 0 Å². The molecular formula is C12H19F3N2O2. The van der Waals surface area contributed by atoms with Gasteiger partial charge in [0.1, 0.15) is 0 Å². The molecule has 1 heterocycles. The van der Waals surface area contributed by atoms with Gasteiger partial charge in [-0.05, 0) is 19.3 Å². The monoisotopic (exact) mass is 280 g/mol. The molecule has 2 amide bonds. The molecule has 19 heavy (non-hydrogen) atoms. The van der Waals surface area contributed by atoms with Gasteiger partial charge >= 0.3 is 12.1 Å². The lowest BCUT2D eigenvalue weighted by atomic mass is 10.0. The van der Waals surface area contributed by atoms with Crippen LogP contribution < -0.4 is 5.32 Å². The Morgan fingerprint density at radius 1 is 1.26 bits per heavy atom. The number of rotatable bonds is 4. The van der Waals surface area contributed by atoms with Crippen molar-refractivity contribution < 1.29 is 22.8 Å². The topological polar surface area (TPSA) is 49.4 Å². The van der Waals surface area contributed by atoms with Crippen LogP contribution in [-0.4, -0.2) is 42.0 Å². The number of carbonyl (C=O) groups is 2. The summed E-state index contributed by atoms with van der Waals surface area (Å²) in [5.74, 6) is -1.86. The predicted octanol–water partition coefficient (Wildman–Crippen LogP) is 1.85. The summed E-state index contributed by atoms with van der Waals surface area (Å²) < 4.78 is 36.7. The summed E-state index contributed by atoms with van der Waals surface area (Å²) in [4.78, 5) is 23.3. The Morgan fingerprint density at radius 3 is 2.32 bits per heavy atom. The Hall–Kier alpha value is -1.27. The van der Waals surface area contributed by atoms with Crippen LogP contribution in [0.1, 0.15) is 39.0 Å². The van der Waals surface area contributed by atoms with E-state index < -0.39 is 12.1 Å². The van der Waals surface area contributed by atoms with Crippen molar-refractivity contribution in [1.82, 2.24) is 10.2 Å². The zero-order valence-electron chi connectivity index (χ0n) is 10.9. The fraction of sp³-hybridized carbons (Fsp3) is 0.833. The lowest BCUT2D eigenvalue weighted by Gasteiger charge is -2.32. The van der Waals surface area contributed by atoms with Crippen LogP contribution in [0, 0.1) is 0 Å². The van der Waals surface area contributed by atoms with Gasteiger partial charge in [-0.2, -0.15) is 13.2 Å². The van der Waals surface area contributed by atoms with Crippen LogP contribution >= 0.6 is 0 Å². The normalized spacial score (nSPS) is 17.4. The Balaban J connectivity index is 2.33.